The number of rotatable bonds is 8. The SMILES string of the molecule is C=CCC/C=C\CC(=C/C(=C)c1ccccc1)/C=C/I. The van der Waals surface area contributed by atoms with Gasteiger partial charge in [-0.05, 0) is 40.1 Å². The maximum absolute atomic E-state index is 4.15. The van der Waals surface area contributed by atoms with Crippen LogP contribution in [0.2, 0.25) is 0 Å². The zero-order valence-electron chi connectivity index (χ0n) is 11.8. The predicted octanol–water partition coefficient (Wildman–Crippen LogP) is 6.49. The average molecular weight is 376 g/mol. The third-order valence-corrected chi connectivity index (χ3v) is 3.20. The van der Waals surface area contributed by atoms with E-state index in [1.54, 1.807) is 0 Å². The lowest BCUT2D eigenvalue weighted by Gasteiger charge is -2.03. The zero-order chi connectivity index (χ0) is 14.6. The van der Waals surface area contributed by atoms with Crippen LogP contribution in [-0.2, 0) is 0 Å². The molecule has 0 aliphatic carbocycles. The Morgan fingerprint density at radius 2 is 1.85 bits per heavy atom. The maximum Gasteiger partial charge on any atom is -0.00971 e. The molecule has 1 aromatic rings. The van der Waals surface area contributed by atoms with Gasteiger partial charge in [-0.3, -0.25) is 0 Å². The summed E-state index contributed by atoms with van der Waals surface area (Å²) in [4.78, 5) is 0. The topological polar surface area (TPSA) is 0 Å². The van der Waals surface area contributed by atoms with E-state index in [9.17, 15) is 0 Å². The second kappa shape index (κ2) is 10.4. The lowest BCUT2D eigenvalue weighted by atomic mass is 10.0. The summed E-state index contributed by atoms with van der Waals surface area (Å²) in [5.74, 6) is 0. The van der Waals surface area contributed by atoms with Gasteiger partial charge in [0.25, 0.3) is 0 Å². The number of halogens is 1. The van der Waals surface area contributed by atoms with Gasteiger partial charge in [0.1, 0.15) is 0 Å². The number of hydrogen-bond donors (Lipinski definition) is 0. The van der Waals surface area contributed by atoms with E-state index in [1.165, 1.54) is 11.1 Å². The van der Waals surface area contributed by atoms with E-state index in [0.29, 0.717) is 0 Å². The molecule has 1 rings (SSSR count). The molecule has 0 saturated carbocycles. The standard InChI is InChI=1S/C19H21I/c1-3-4-5-6-8-11-18(14-15-20)16-17(2)19-12-9-7-10-13-19/h3,6-10,12-16H,1-2,4-5,11H2/b8-6-,15-14+,18-16-. The van der Waals surface area contributed by atoms with Crippen LogP contribution in [0.3, 0.4) is 0 Å². The quantitative estimate of drug-likeness (QED) is 0.211. The third-order valence-electron chi connectivity index (χ3n) is 2.84. The summed E-state index contributed by atoms with van der Waals surface area (Å²) in [6, 6.07) is 10.3. The van der Waals surface area contributed by atoms with Crippen molar-refractivity contribution in [3.8, 4) is 0 Å². The van der Waals surface area contributed by atoms with Gasteiger partial charge in [-0.1, -0.05) is 89.9 Å². The van der Waals surface area contributed by atoms with Crippen molar-refractivity contribution in [2.24, 2.45) is 0 Å². The van der Waals surface area contributed by atoms with E-state index in [0.717, 1.165) is 24.8 Å². The van der Waals surface area contributed by atoms with Crippen molar-refractivity contribution < 1.29 is 0 Å². The normalized spacial score (nSPS) is 12.2. The van der Waals surface area contributed by atoms with Crippen LogP contribution in [0.25, 0.3) is 5.57 Å². The second-order valence-corrected chi connectivity index (χ2v) is 5.16. The van der Waals surface area contributed by atoms with Crippen molar-refractivity contribution in [1.82, 2.24) is 0 Å². The molecule has 1 aromatic carbocycles. The van der Waals surface area contributed by atoms with Crippen molar-refractivity contribution in [1.29, 1.82) is 0 Å². The van der Waals surface area contributed by atoms with E-state index in [1.807, 2.05) is 28.4 Å². The van der Waals surface area contributed by atoms with Gasteiger partial charge in [-0.2, -0.15) is 0 Å². The van der Waals surface area contributed by atoms with Crippen LogP contribution in [0, 0.1) is 0 Å². The van der Waals surface area contributed by atoms with Gasteiger partial charge in [0, 0.05) is 0 Å². The molecule has 1 heteroatoms. The highest BCUT2D eigenvalue weighted by Gasteiger charge is 1.96. The van der Waals surface area contributed by atoms with Crippen molar-refractivity contribution >= 4 is 28.2 Å². The minimum atomic E-state index is 0.933. The Labute approximate surface area is 136 Å². The molecule has 20 heavy (non-hydrogen) atoms. The summed E-state index contributed by atoms with van der Waals surface area (Å²) in [5.41, 5.74) is 3.49. The molecule has 0 aromatic heterocycles. The fraction of sp³-hybridized carbons (Fsp3) is 0.158. The second-order valence-electron chi connectivity index (χ2n) is 4.44. The van der Waals surface area contributed by atoms with E-state index in [2.05, 4.69) is 72.2 Å². The van der Waals surface area contributed by atoms with Crippen molar-refractivity contribution in [2.75, 3.05) is 0 Å². The van der Waals surface area contributed by atoms with Crippen LogP contribution < -0.4 is 0 Å². The molecular formula is C19H21I. The highest BCUT2D eigenvalue weighted by atomic mass is 127. The molecule has 0 fully saturated rings. The van der Waals surface area contributed by atoms with Gasteiger partial charge < -0.3 is 0 Å². The first kappa shape index (κ1) is 16.7. The Morgan fingerprint density at radius 3 is 2.50 bits per heavy atom. The Morgan fingerprint density at radius 1 is 1.10 bits per heavy atom. The largest absolute Gasteiger partial charge is 0.103 e. The molecule has 0 saturated heterocycles. The highest BCUT2D eigenvalue weighted by molar-refractivity contribution is 14.1. The molecule has 0 N–H and O–H groups in total. The predicted molar refractivity (Wildman–Crippen MR) is 99.9 cm³/mol. The maximum atomic E-state index is 4.15. The molecule has 0 bridgehead atoms. The fourth-order valence-electron chi connectivity index (χ4n) is 1.77. The number of benzene rings is 1. The van der Waals surface area contributed by atoms with Crippen molar-refractivity contribution in [2.45, 2.75) is 19.3 Å². The Hall–Kier alpha value is -1.35. The summed E-state index contributed by atoms with van der Waals surface area (Å²) in [6.45, 7) is 7.88. The fourth-order valence-corrected chi connectivity index (χ4v) is 2.23. The minimum Gasteiger partial charge on any atom is -0.103 e. The van der Waals surface area contributed by atoms with Crippen molar-refractivity contribution in [3.63, 3.8) is 0 Å². The molecule has 0 amide bonds. The summed E-state index contributed by atoms with van der Waals surface area (Å²) < 4.78 is 2.04. The van der Waals surface area contributed by atoms with E-state index >= 15 is 0 Å². The molecule has 0 spiro atoms. The third kappa shape index (κ3) is 6.71. The Bertz CT molecular complexity index is 504. The number of hydrogen-bond acceptors (Lipinski definition) is 0. The molecule has 0 atom stereocenters. The Kier molecular flexibility index (Phi) is 8.72. The van der Waals surface area contributed by atoms with Crippen LogP contribution in [0.4, 0.5) is 0 Å². The van der Waals surface area contributed by atoms with Crippen LogP contribution in [-0.4, -0.2) is 0 Å². The lowest BCUT2D eigenvalue weighted by Crippen LogP contribution is -1.82. The summed E-state index contributed by atoms with van der Waals surface area (Å²) in [5, 5.41) is 0. The molecule has 0 aliphatic heterocycles. The number of unbranched alkanes of at least 4 members (excludes halogenated alkanes) is 1. The summed E-state index contributed by atoms with van der Waals surface area (Å²) in [7, 11) is 0. The van der Waals surface area contributed by atoms with Crippen LogP contribution in [0.15, 0.2) is 83.5 Å². The zero-order valence-corrected chi connectivity index (χ0v) is 13.9. The van der Waals surface area contributed by atoms with Gasteiger partial charge in [0.05, 0.1) is 0 Å². The summed E-state index contributed by atoms with van der Waals surface area (Å²) >= 11 is 2.25. The smallest absolute Gasteiger partial charge is 0.00971 e. The first-order valence-electron chi connectivity index (χ1n) is 6.75. The minimum absolute atomic E-state index is 0.933. The van der Waals surface area contributed by atoms with Gasteiger partial charge in [0.2, 0.25) is 0 Å². The summed E-state index contributed by atoms with van der Waals surface area (Å²) in [6.07, 6.45) is 13.7. The van der Waals surface area contributed by atoms with Gasteiger partial charge in [-0.25, -0.2) is 0 Å². The van der Waals surface area contributed by atoms with E-state index in [-0.39, 0.29) is 0 Å². The molecule has 104 valence electrons. The van der Waals surface area contributed by atoms with Gasteiger partial charge >= 0.3 is 0 Å². The van der Waals surface area contributed by atoms with Crippen LogP contribution >= 0.6 is 22.6 Å². The van der Waals surface area contributed by atoms with Crippen LogP contribution in [0.5, 0.6) is 0 Å². The molecule has 0 nitrogen and oxygen atoms in total. The first-order chi connectivity index (χ1) is 9.77. The number of allylic oxidation sites excluding steroid dienone is 7. The van der Waals surface area contributed by atoms with Crippen molar-refractivity contribution in [3.05, 3.63) is 89.1 Å². The molecule has 0 heterocycles. The van der Waals surface area contributed by atoms with Crippen LogP contribution in [0.1, 0.15) is 24.8 Å². The molecule has 0 aliphatic rings. The lowest BCUT2D eigenvalue weighted by molar-refractivity contribution is 1.04. The molecule has 0 radical (unpaired) electrons. The monoisotopic (exact) mass is 376 g/mol. The average Bonchev–Trinajstić information content (AvgIpc) is 2.48. The highest BCUT2D eigenvalue weighted by Crippen LogP contribution is 2.18. The van der Waals surface area contributed by atoms with E-state index < -0.39 is 0 Å². The first-order valence-corrected chi connectivity index (χ1v) is 8.00. The van der Waals surface area contributed by atoms with E-state index in [4.69, 9.17) is 0 Å². The van der Waals surface area contributed by atoms with Gasteiger partial charge in [-0.15, -0.1) is 6.58 Å². The molecular weight excluding hydrogens is 355 g/mol. The van der Waals surface area contributed by atoms with Gasteiger partial charge in [0.15, 0.2) is 0 Å². The molecule has 0 unspecified atom stereocenters. The Balaban J connectivity index is 2.70.